The van der Waals surface area contributed by atoms with Crippen molar-refractivity contribution in [3.05, 3.63) is 70.8 Å². The Morgan fingerprint density at radius 1 is 0.565 bits per heavy atom. The second kappa shape index (κ2) is 16.1. The Hall–Kier alpha value is -3.88. The highest BCUT2D eigenvalue weighted by Gasteiger charge is 2.26. The number of hydrogen-bond acceptors (Lipinski definition) is 8. The van der Waals surface area contributed by atoms with E-state index in [0.29, 0.717) is 26.4 Å². The summed E-state index contributed by atoms with van der Waals surface area (Å²) in [5.41, 5.74) is 8.18. The summed E-state index contributed by atoms with van der Waals surface area (Å²) in [5, 5.41) is 0. The molecule has 5 rings (SSSR count). The fraction of sp³-hybridized carbons (Fsp3) is 0.474. The topological polar surface area (TPSA) is 68.1 Å². The highest BCUT2D eigenvalue weighted by Crippen LogP contribution is 2.40. The van der Waals surface area contributed by atoms with Crippen molar-refractivity contribution < 1.29 is 18.9 Å². The normalized spacial score (nSPS) is 13.5. The maximum Gasteiger partial charge on any atom is 0.129 e. The monoisotopic (exact) mass is 626 g/mol. The molecule has 0 bridgehead atoms. The molecule has 0 N–H and O–H groups in total. The van der Waals surface area contributed by atoms with Crippen LogP contribution in [0.1, 0.15) is 61.8 Å². The van der Waals surface area contributed by atoms with E-state index in [9.17, 15) is 0 Å². The average molecular weight is 627 g/mol. The van der Waals surface area contributed by atoms with Gasteiger partial charge in [-0.2, -0.15) is 0 Å². The minimum Gasteiger partial charge on any atom is -0.493 e. The minimum atomic E-state index is 0.619. The van der Waals surface area contributed by atoms with Gasteiger partial charge in [-0.25, -0.2) is 0 Å². The summed E-state index contributed by atoms with van der Waals surface area (Å²) in [7, 11) is 8.32. The largest absolute Gasteiger partial charge is 0.493 e. The number of nitrogens with zero attached hydrogens (tertiary/aromatic N) is 4. The van der Waals surface area contributed by atoms with Crippen molar-refractivity contribution in [2.75, 3.05) is 67.7 Å². The quantitative estimate of drug-likeness (QED) is 0.138. The van der Waals surface area contributed by atoms with Crippen LogP contribution in [0.4, 0.5) is 11.4 Å². The molecule has 8 heteroatoms. The number of fused-ring (bicyclic) bond motifs is 2. The smallest absolute Gasteiger partial charge is 0.129 e. The van der Waals surface area contributed by atoms with Gasteiger partial charge < -0.3 is 28.7 Å². The van der Waals surface area contributed by atoms with Gasteiger partial charge in [0.25, 0.3) is 0 Å². The molecule has 0 saturated carbocycles. The van der Waals surface area contributed by atoms with Gasteiger partial charge in [0.2, 0.25) is 0 Å². The Morgan fingerprint density at radius 3 is 1.39 bits per heavy atom. The van der Waals surface area contributed by atoms with Crippen LogP contribution >= 0.6 is 0 Å². The van der Waals surface area contributed by atoms with Gasteiger partial charge in [-0.3, -0.25) is 9.98 Å². The third kappa shape index (κ3) is 8.68. The first kappa shape index (κ1) is 33.5. The van der Waals surface area contributed by atoms with Crippen LogP contribution in [0.15, 0.2) is 58.5 Å². The second-order valence-electron chi connectivity index (χ2n) is 12.6. The van der Waals surface area contributed by atoms with Crippen LogP contribution in [0.25, 0.3) is 0 Å². The van der Waals surface area contributed by atoms with E-state index in [2.05, 4.69) is 100 Å². The summed E-state index contributed by atoms with van der Waals surface area (Å²) in [4.78, 5) is 14.5. The molecule has 0 amide bonds. The molecule has 0 radical (unpaired) electrons. The van der Waals surface area contributed by atoms with E-state index in [1.807, 2.05) is 0 Å². The van der Waals surface area contributed by atoms with Crippen molar-refractivity contribution in [3.8, 4) is 23.0 Å². The van der Waals surface area contributed by atoms with Crippen molar-refractivity contribution in [2.45, 2.75) is 52.4 Å². The summed E-state index contributed by atoms with van der Waals surface area (Å²) in [6.45, 7) is 8.85. The maximum atomic E-state index is 6.39. The fourth-order valence-corrected chi connectivity index (χ4v) is 5.63. The lowest BCUT2D eigenvalue weighted by Gasteiger charge is -2.18. The lowest BCUT2D eigenvalue weighted by Crippen LogP contribution is -2.15. The van der Waals surface area contributed by atoms with Crippen molar-refractivity contribution >= 4 is 22.8 Å². The summed E-state index contributed by atoms with van der Waals surface area (Å²) in [6, 6.07) is 16.7. The number of ether oxygens (including phenoxy) is 4. The van der Waals surface area contributed by atoms with Gasteiger partial charge >= 0.3 is 0 Å². The van der Waals surface area contributed by atoms with Crippen LogP contribution in [-0.4, -0.2) is 88.9 Å². The molecule has 2 aliphatic rings. The molecule has 0 fully saturated rings. The number of aliphatic imine (C=N–C) groups is 2. The van der Waals surface area contributed by atoms with Crippen LogP contribution < -0.4 is 18.9 Å². The average Bonchev–Trinajstić information content (AvgIpc) is 3.66. The lowest BCUT2D eigenvalue weighted by atomic mass is 9.97. The number of hydrogen-bond donors (Lipinski definition) is 0. The highest BCUT2D eigenvalue weighted by atomic mass is 16.5. The maximum absolute atomic E-state index is 6.39. The van der Waals surface area contributed by atoms with Crippen molar-refractivity contribution in [1.29, 1.82) is 0 Å². The Bertz CT molecular complexity index is 1430. The molecular formula is C38H50N4O4. The van der Waals surface area contributed by atoms with Crippen LogP contribution in [0.5, 0.6) is 23.0 Å². The zero-order chi connectivity index (χ0) is 32.5. The third-order valence-electron chi connectivity index (χ3n) is 8.00. The first-order valence-corrected chi connectivity index (χ1v) is 16.7. The van der Waals surface area contributed by atoms with E-state index in [0.717, 1.165) is 109 Å². The Labute approximate surface area is 275 Å². The van der Waals surface area contributed by atoms with Gasteiger partial charge in [0.05, 0.1) is 49.2 Å². The molecule has 46 heavy (non-hydrogen) atoms. The summed E-state index contributed by atoms with van der Waals surface area (Å²) in [5.74, 6) is 3.34. The SMILES string of the molecule is CCCOc1cc(C2=Nc3cc(OCCCN(C)C)ccc3C2)c(OCCC)cc1C1=Nc2cc(OCCCN(C)C)ccc2C1. The highest BCUT2D eigenvalue weighted by molar-refractivity contribution is 6.12. The van der Waals surface area contributed by atoms with Crippen molar-refractivity contribution in [2.24, 2.45) is 9.98 Å². The van der Waals surface area contributed by atoms with E-state index in [4.69, 9.17) is 28.9 Å². The summed E-state index contributed by atoms with van der Waals surface area (Å²) >= 11 is 0. The molecule has 2 aliphatic heterocycles. The van der Waals surface area contributed by atoms with Crippen LogP contribution in [-0.2, 0) is 12.8 Å². The Morgan fingerprint density at radius 2 is 1.00 bits per heavy atom. The third-order valence-corrected chi connectivity index (χ3v) is 8.00. The molecule has 0 aliphatic carbocycles. The first-order chi connectivity index (χ1) is 22.3. The lowest BCUT2D eigenvalue weighted by molar-refractivity contribution is 0.281. The molecule has 0 atom stereocenters. The zero-order valence-corrected chi connectivity index (χ0v) is 28.5. The Balaban J connectivity index is 1.41. The standard InChI is InChI=1S/C38H50N4O4/c1-7-17-45-37-25-32(36-22-28-12-14-30(24-34(28)40-36)44-20-10-16-42(5)6)38(46-18-8-2)26-31(37)35-21-27-11-13-29(23-33(27)39-35)43-19-9-15-41(3)4/h11-14,23-26H,7-10,15-22H2,1-6H3. The van der Waals surface area contributed by atoms with Gasteiger partial charge in [0, 0.05) is 49.2 Å². The summed E-state index contributed by atoms with van der Waals surface area (Å²) < 4.78 is 24.9. The van der Waals surface area contributed by atoms with Crippen molar-refractivity contribution in [3.63, 3.8) is 0 Å². The van der Waals surface area contributed by atoms with Crippen molar-refractivity contribution in [1.82, 2.24) is 9.80 Å². The van der Waals surface area contributed by atoms with Gasteiger partial charge in [-0.05, 0) is 89.3 Å². The molecule has 3 aromatic rings. The van der Waals surface area contributed by atoms with Crippen LogP contribution in [0, 0.1) is 0 Å². The van der Waals surface area contributed by atoms with Crippen LogP contribution in [0.2, 0.25) is 0 Å². The predicted octanol–water partition coefficient (Wildman–Crippen LogP) is 7.28. The first-order valence-electron chi connectivity index (χ1n) is 16.7. The van der Waals surface area contributed by atoms with E-state index in [1.54, 1.807) is 0 Å². The zero-order valence-electron chi connectivity index (χ0n) is 28.5. The molecular weight excluding hydrogens is 576 g/mol. The molecule has 3 aromatic carbocycles. The summed E-state index contributed by atoms with van der Waals surface area (Å²) in [6.07, 6.45) is 5.24. The van der Waals surface area contributed by atoms with E-state index in [-0.39, 0.29) is 0 Å². The van der Waals surface area contributed by atoms with E-state index >= 15 is 0 Å². The predicted molar refractivity (Wildman–Crippen MR) is 188 cm³/mol. The van der Waals surface area contributed by atoms with E-state index < -0.39 is 0 Å². The van der Waals surface area contributed by atoms with Gasteiger partial charge in [0.15, 0.2) is 0 Å². The van der Waals surface area contributed by atoms with E-state index in [1.165, 1.54) is 11.1 Å². The Kier molecular flexibility index (Phi) is 11.7. The van der Waals surface area contributed by atoms with Gasteiger partial charge in [-0.15, -0.1) is 0 Å². The number of rotatable bonds is 18. The van der Waals surface area contributed by atoms with Gasteiger partial charge in [-0.1, -0.05) is 26.0 Å². The molecule has 2 heterocycles. The van der Waals surface area contributed by atoms with Crippen LogP contribution in [0.3, 0.4) is 0 Å². The fourth-order valence-electron chi connectivity index (χ4n) is 5.63. The molecule has 8 nitrogen and oxygen atoms in total. The molecule has 0 saturated heterocycles. The molecule has 0 unspecified atom stereocenters. The van der Waals surface area contributed by atoms with Gasteiger partial charge in [0.1, 0.15) is 23.0 Å². The number of benzene rings is 3. The molecule has 0 spiro atoms. The molecule has 246 valence electrons. The molecule has 0 aromatic heterocycles. The minimum absolute atomic E-state index is 0.619. The second-order valence-corrected chi connectivity index (χ2v) is 12.6.